The van der Waals surface area contributed by atoms with Crippen LogP contribution in [0.1, 0.15) is 16.7 Å². The van der Waals surface area contributed by atoms with E-state index in [9.17, 15) is 9.59 Å². The molecular weight excluding hydrogens is 398 g/mol. The van der Waals surface area contributed by atoms with E-state index in [0.717, 1.165) is 44.0 Å². The minimum absolute atomic E-state index is 0.0348. The lowest BCUT2D eigenvalue weighted by molar-refractivity contribution is -0.136. The van der Waals surface area contributed by atoms with Crippen LogP contribution in [0.3, 0.4) is 0 Å². The monoisotopic (exact) mass is 421 g/mol. The van der Waals surface area contributed by atoms with Crippen molar-refractivity contribution in [3.05, 3.63) is 65.2 Å². The topological polar surface area (TPSA) is 91.3 Å². The van der Waals surface area contributed by atoms with Gasteiger partial charge in [0, 0.05) is 36.4 Å². The number of carbonyl (C=O) groups is 2. The third-order valence-corrected chi connectivity index (χ3v) is 5.21. The SMILES string of the molecule is O=C(NO)[C@@H]1CN(c2ccc(C#Cc3ccc(CN4CCOCC4)cc3)cc2)C(=O)O1. The standard InChI is InChI=1S/C23H23N3O5/c27-22(24-29)21-16-26(23(28)31-21)20-9-7-18(8-10-20)2-1-17-3-5-19(6-4-17)15-25-11-13-30-14-12-25/h3-10,21,29H,11-16H2,(H,24,27)/t21-/m0/s1. The molecule has 0 radical (unpaired) electrons. The van der Waals surface area contributed by atoms with Crippen LogP contribution in [0.4, 0.5) is 10.5 Å². The van der Waals surface area contributed by atoms with E-state index in [1.165, 1.54) is 15.9 Å². The van der Waals surface area contributed by atoms with Gasteiger partial charge in [0.2, 0.25) is 6.10 Å². The third-order valence-electron chi connectivity index (χ3n) is 5.21. The molecule has 2 aromatic carbocycles. The predicted molar refractivity (Wildman–Crippen MR) is 113 cm³/mol. The molecule has 2 aliphatic heterocycles. The number of hydroxylamine groups is 1. The van der Waals surface area contributed by atoms with Gasteiger partial charge in [0.1, 0.15) is 0 Å². The van der Waals surface area contributed by atoms with Crippen LogP contribution >= 0.6 is 0 Å². The molecule has 2 amide bonds. The Hall–Kier alpha value is -3.38. The lowest BCUT2D eigenvalue weighted by atomic mass is 10.1. The molecule has 0 saturated carbocycles. The molecule has 4 rings (SSSR count). The van der Waals surface area contributed by atoms with E-state index in [0.29, 0.717) is 5.69 Å². The smallest absolute Gasteiger partial charge is 0.415 e. The number of hydrogen-bond donors (Lipinski definition) is 2. The lowest BCUT2D eigenvalue weighted by Gasteiger charge is -2.26. The van der Waals surface area contributed by atoms with Crippen LogP contribution in [0, 0.1) is 11.8 Å². The summed E-state index contributed by atoms with van der Waals surface area (Å²) in [6.07, 6.45) is -1.67. The van der Waals surface area contributed by atoms with Gasteiger partial charge in [-0.15, -0.1) is 0 Å². The molecule has 1 atom stereocenters. The van der Waals surface area contributed by atoms with Gasteiger partial charge in [0.05, 0.1) is 19.8 Å². The first-order chi connectivity index (χ1) is 15.1. The number of cyclic esters (lactones) is 1. The van der Waals surface area contributed by atoms with Gasteiger partial charge in [-0.1, -0.05) is 24.0 Å². The fourth-order valence-electron chi connectivity index (χ4n) is 3.46. The van der Waals surface area contributed by atoms with Crippen molar-refractivity contribution in [2.24, 2.45) is 0 Å². The van der Waals surface area contributed by atoms with Crippen LogP contribution in [-0.2, 0) is 20.8 Å². The van der Waals surface area contributed by atoms with Crippen LogP contribution in [0.15, 0.2) is 48.5 Å². The number of carbonyl (C=O) groups excluding carboxylic acids is 2. The molecule has 2 aromatic rings. The zero-order valence-corrected chi connectivity index (χ0v) is 16.9. The Labute approximate surface area is 180 Å². The molecule has 0 aliphatic carbocycles. The van der Waals surface area contributed by atoms with Crippen LogP contribution in [0.5, 0.6) is 0 Å². The number of morpholine rings is 1. The summed E-state index contributed by atoms with van der Waals surface area (Å²) in [4.78, 5) is 27.1. The minimum Gasteiger partial charge on any atom is -0.434 e. The van der Waals surface area contributed by atoms with Crippen molar-refractivity contribution < 1.29 is 24.3 Å². The predicted octanol–water partition coefficient (Wildman–Crippen LogP) is 1.75. The van der Waals surface area contributed by atoms with Crippen molar-refractivity contribution in [1.29, 1.82) is 0 Å². The number of hydrogen-bond acceptors (Lipinski definition) is 6. The first-order valence-electron chi connectivity index (χ1n) is 10.1. The van der Waals surface area contributed by atoms with Crippen LogP contribution in [0.2, 0.25) is 0 Å². The van der Waals surface area contributed by atoms with E-state index in [1.54, 1.807) is 12.1 Å². The zero-order valence-electron chi connectivity index (χ0n) is 16.9. The summed E-state index contributed by atoms with van der Waals surface area (Å²) in [5.74, 6) is 5.51. The molecule has 31 heavy (non-hydrogen) atoms. The van der Waals surface area contributed by atoms with Crippen molar-refractivity contribution >= 4 is 17.7 Å². The van der Waals surface area contributed by atoms with Gasteiger partial charge in [-0.25, -0.2) is 10.3 Å². The van der Waals surface area contributed by atoms with E-state index in [2.05, 4.69) is 28.9 Å². The zero-order chi connectivity index (χ0) is 21.6. The van der Waals surface area contributed by atoms with Gasteiger partial charge in [-0.05, 0) is 42.0 Å². The molecule has 2 fully saturated rings. The van der Waals surface area contributed by atoms with E-state index >= 15 is 0 Å². The first kappa shape index (κ1) is 20.9. The Kier molecular flexibility index (Phi) is 6.48. The highest BCUT2D eigenvalue weighted by Gasteiger charge is 2.36. The average molecular weight is 421 g/mol. The van der Waals surface area contributed by atoms with Crippen molar-refractivity contribution in [3.8, 4) is 11.8 Å². The Bertz CT molecular complexity index is 989. The number of nitrogens with zero attached hydrogens (tertiary/aromatic N) is 2. The number of amides is 2. The highest BCUT2D eigenvalue weighted by atomic mass is 16.6. The summed E-state index contributed by atoms with van der Waals surface area (Å²) in [6, 6.07) is 15.3. The molecule has 2 heterocycles. The minimum atomic E-state index is -1.04. The van der Waals surface area contributed by atoms with Crippen molar-refractivity contribution in [1.82, 2.24) is 10.4 Å². The number of benzene rings is 2. The van der Waals surface area contributed by atoms with E-state index in [1.807, 2.05) is 24.3 Å². The molecule has 160 valence electrons. The molecule has 8 nitrogen and oxygen atoms in total. The normalized spacial score (nSPS) is 18.8. The van der Waals surface area contributed by atoms with Gasteiger partial charge in [0.25, 0.3) is 5.91 Å². The van der Waals surface area contributed by atoms with Crippen LogP contribution in [-0.4, -0.2) is 61.1 Å². The summed E-state index contributed by atoms with van der Waals surface area (Å²) in [5, 5.41) is 8.69. The second-order valence-electron chi connectivity index (χ2n) is 7.34. The molecule has 0 bridgehead atoms. The van der Waals surface area contributed by atoms with E-state index < -0.39 is 18.1 Å². The van der Waals surface area contributed by atoms with Gasteiger partial charge in [-0.3, -0.25) is 19.8 Å². The van der Waals surface area contributed by atoms with E-state index in [-0.39, 0.29) is 6.54 Å². The van der Waals surface area contributed by atoms with Gasteiger partial charge >= 0.3 is 6.09 Å². The highest BCUT2D eigenvalue weighted by Crippen LogP contribution is 2.22. The number of ether oxygens (including phenoxy) is 2. The summed E-state index contributed by atoms with van der Waals surface area (Å²) >= 11 is 0. The van der Waals surface area contributed by atoms with Gasteiger partial charge in [-0.2, -0.15) is 0 Å². The molecule has 0 unspecified atom stereocenters. The van der Waals surface area contributed by atoms with E-state index in [4.69, 9.17) is 14.7 Å². The molecule has 0 spiro atoms. The number of anilines is 1. The van der Waals surface area contributed by atoms with Crippen LogP contribution in [0.25, 0.3) is 0 Å². The summed E-state index contributed by atoms with van der Waals surface area (Å²) < 4.78 is 10.3. The summed E-state index contributed by atoms with van der Waals surface area (Å²) in [5.41, 5.74) is 5.07. The summed E-state index contributed by atoms with van der Waals surface area (Å²) in [7, 11) is 0. The molecule has 8 heteroatoms. The highest BCUT2D eigenvalue weighted by molar-refractivity contribution is 5.95. The Morgan fingerprint density at radius 1 is 1.03 bits per heavy atom. The quantitative estimate of drug-likeness (QED) is 0.444. The second-order valence-corrected chi connectivity index (χ2v) is 7.34. The number of rotatable bonds is 4. The molecule has 2 aliphatic rings. The Balaban J connectivity index is 1.36. The maximum atomic E-state index is 12.0. The third kappa shape index (κ3) is 5.22. The number of nitrogens with one attached hydrogen (secondary N) is 1. The maximum absolute atomic E-state index is 12.0. The van der Waals surface area contributed by atoms with Crippen LogP contribution < -0.4 is 10.4 Å². The first-order valence-corrected chi connectivity index (χ1v) is 10.1. The summed E-state index contributed by atoms with van der Waals surface area (Å²) in [6.45, 7) is 4.45. The molecule has 2 saturated heterocycles. The molecule has 2 N–H and O–H groups in total. The molecule has 0 aromatic heterocycles. The Morgan fingerprint density at radius 3 is 2.26 bits per heavy atom. The van der Waals surface area contributed by atoms with Crippen molar-refractivity contribution in [3.63, 3.8) is 0 Å². The lowest BCUT2D eigenvalue weighted by Crippen LogP contribution is -2.35. The Morgan fingerprint density at radius 2 is 1.65 bits per heavy atom. The fraction of sp³-hybridized carbons (Fsp3) is 0.304. The van der Waals surface area contributed by atoms with Crippen molar-refractivity contribution in [2.75, 3.05) is 37.7 Å². The van der Waals surface area contributed by atoms with Crippen molar-refractivity contribution in [2.45, 2.75) is 12.6 Å². The maximum Gasteiger partial charge on any atom is 0.415 e. The average Bonchev–Trinajstić information content (AvgIpc) is 3.21. The van der Waals surface area contributed by atoms with Gasteiger partial charge < -0.3 is 9.47 Å². The molecular formula is C23H23N3O5. The fourth-order valence-corrected chi connectivity index (χ4v) is 3.46. The largest absolute Gasteiger partial charge is 0.434 e. The van der Waals surface area contributed by atoms with Gasteiger partial charge in [0.15, 0.2) is 0 Å². The second kappa shape index (κ2) is 9.62.